The van der Waals surface area contributed by atoms with Gasteiger partial charge in [-0.2, -0.15) is 0 Å². The van der Waals surface area contributed by atoms with Crippen LogP contribution >= 0.6 is 0 Å². The van der Waals surface area contributed by atoms with Crippen molar-refractivity contribution in [2.24, 2.45) is 0 Å². The summed E-state index contributed by atoms with van der Waals surface area (Å²) >= 11 is 0. The van der Waals surface area contributed by atoms with Crippen molar-refractivity contribution in [2.45, 2.75) is 30.2 Å². The Morgan fingerprint density at radius 1 is 1.57 bits per heavy atom. The summed E-state index contributed by atoms with van der Waals surface area (Å²) in [6.07, 6.45) is 2.72. The Morgan fingerprint density at radius 3 is 2.79 bits per heavy atom. The molecule has 0 unspecified atom stereocenters. The molecule has 3 saturated carbocycles. The Morgan fingerprint density at radius 2 is 2.29 bits per heavy atom. The molecule has 1 aromatic heterocycles. The van der Waals surface area contributed by atoms with Crippen LogP contribution in [0.5, 0.6) is 0 Å². The second-order valence-corrected chi connectivity index (χ2v) is 4.27. The zero-order chi connectivity index (χ0) is 9.81. The molecule has 3 aliphatic carbocycles. The van der Waals surface area contributed by atoms with E-state index in [2.05, 4.69) is 15.5 Å². The van der Waals surface area contributed by atoms with Crippen LogP contribution in [0.2, 0.25) is 0 Å². The first-order valence-corrected chi connectivity index (χ1v) is 4.42. The van der Waals surface area contributed by atoms with Crippen molar-refractivity contribution in [3.05, 3.63) is 12.3 Å². The van der Waals surface area contributed by atoms with Gasteiger partial charge in [0.2, 0.25) is 12.3 Å². The first-order chi connectivity index (χ1) is 6.64. The van der Waals surface area contributed by atoms with Crippen LogP contribution in [0.15, 0.2) is 10.8 Å². The summed E-state index contributed by atoms with van der Waals surface area (Å²) in [5, 5.41) is 18.6. The van der Waals surface area contributed by atoms with E-state index in [4.69, 9.17) is 9.52 Å². The monoisotopic (exact) mass is 195 g/mol. The average Bonchev–Trinajstić information content (AvgIpc) is 2.44. The zero-order valence-corrected chi connectivity index (χ0v) is 7.36. The molecular weight excluding hydrogens is 186 g/mol. The zero-order valence-electron chi connectivity index (χ0n) is 7.36. The minimum absolute atomic E-state index is 0.0288. The van der Waals surface area contributed by atoms with Crippen molar-refractivity contribution in [1.82, 2.24) is 15.5 Å². The van der Waals surface area contributed by atoms with E-state index in [1.54, 1.807) is 0 Å². The van der Waals surface area contributed by atoms with Gasteiger partial charge in [0.1, 0.15) is 0 Å². The van der Waals surface area contributed by atoms with Crippen LogP contribution in [0.1, 0.15) is 25.2 Å². The summed E-state index contributed by atoms with van der Waals surface area (Å²) in [7, 11) is 0. The number of hydrogen-bond donors (Lipinski definition) is 2. The molecule has 0 aromatic carbocycles. The van der Waals surface area contributed by atoms with Crippen molar-refractivity contribution < 1.29 is 14.3 Å². The van der Waals surface area contributed by atoms with E-state index in [0.29, 0.717) is 5.89 Å². The Hall–Kier alpha value is -1.59. The highest BCUT2D eigenvalue weighted by atomic mass is 16.4. The van der Waals surface area contributed by atoms with Gasteiger partial charge in [-0.05, 0) is 19.3 Å². The summed E-state index contributed by atoms with van der Waals surface area (Å²) in [6.45, 7) is 0. The van der Waals surface area contributed by atoms with Gasteiger partial charge in [-0.3, -0.25) is 0 Å². The van der Waals surface area contributed by atoms with Gasteiger partial charge in [0, 0.05) is 5.54 Å². The first kappa shape index (κ1) is 7.78. The smallest absolute Gasteiger partial charge is 0.405 e. The Balaban J connectivity index is 1.72. The van der Waals surface area contributed by atoms with Gasteiger partial charge < -0.3 is 14.8 Å². The minimum Gasteiger partial charge on any atom is -0.465 e. The fourth-order valence-corrected chi connectivity index (χ4v) is 2.78. The second-order valence-electron chi connectivity index (χ2n) is 4.27. The third-order valence-electron chi connectivity index (χ3n) is 3.22. The van der Waals surface area contributed by atoms with Gasteiger partial charge in [-0.1, -0.05) is 0 Å². The summed E-state index contributed by atoms with van der Waals surface area (Å²) in [5.74, 6) is 0.645. The van der Waals surface area contributed by atoms with E-state index >= 15 is 0 Å². The maximum atomic E-state index is 10.5. The molecule has 0 aliphatic heterocycles. The summed E-state index contributed by atoms with van der Waals surface area (Å²) < 4.78 is 5.13. The van der Waals surface area contributed by atoms with E-state index < -0.39 is 6.09 Å². The third-order valence-corrected chi connectivity index (χ3v) is 3.22. The molecule has 0 saturated heterocycles. The number of nitrogens with zero attached hydrogens (tertiary/aromatic N) is 2. The van der Waals surface area contributed by atoms with Crippen LogP contribution in [0.3, 0.4) is 0 Å². The highest BCUT2D eigenvalue weighted by Gasteiger charge is 2.71. The molecule has 6 nitrogen and oxygen atoms in total. The number of rotatable bonds is 2. The van der Waals surface area contributed by atoms with E-state index in [1.807, 2.05) is 0 Å². The van der Waals surface area contributed by atoms with Crippen LogP contribution in [-0.2, 0) is 5.41 Å². The van der Waals surface area contributed by atoms with E-state index in [1.165, 1.54) is 6.39 Å². The normalized spacial score (nSPS) is 38.3. The lowest BCUT2D eigenvalue weighted by atomic mass is 9.39. The number of carbonyl (C=O) groups is 1. The number of aromatic nitrogens is 2. The van der Waals surface area contributed by atoms with Gasteiger partial charge in [0.05, 0.1) is 5.41 Å². The van der Waals surface area contributed by atoms with Crippen LogP contribution in [0.25, 0.3) is 0 Å². The molecule has 0 radical (unpaired) electrons. The van der Waals surface area contributed by atoms with Gasteiger partial charge >= 0.3 is 6.09 Å². The van der Waals surface area contributed by atoms with Crippen molar-refractivity contribution in [3.63, 3.8) is 0 Å². The molecule has 4 rings (SSSR count). The van der Waals surface area contributed by atoms with Crippen LogP contribution in [-0.4, -0.2) is 26.9 Å². The Labute approximate surface area is 79.3 Å². The predicted molar refractivity (Wildman–Crippen MR) is 43.7 cm³/mol. The fraction of sp³-hybridized carbons (Fsp3) is 0.625. The number of hydrogen-bond acceptors (Lipinski definition) is 4. The lowest BCUT2D eigenvalue weighted by molar-refractivity contribution is -0.0977. The van der Waals surface area contributed by atoms with Gasteiger partial charge in [-0.25, -0.2) is 4.79 Å². The van der Waals surface area contributed by atoms with Crippen molar-refractivity contribution in [2.75, 3.05) is 0 Å². The molecule has 0 atom stereocenters. The topological polar surface area (TPSA) is 88.2 Å². The molecule has 0 spiro atoms. The van der Waals surface area contributed by atoms with Crippen LogP contribution < -0.4 is 5.32 Å². The standard InChI is InChI=1S/C8H9N3O3/c12-6(13)10-8-1-7(2-8,3-8)5-11-9-4-14-5/h4,10H,1-3H2,(H,12,13). The molecule has 6 heteroatoms. The Kier molecular flexibility index (Phi) is 1.15. The lowest BCUT2D eigenvalue weighted by Crippen LogP contribution is -2.76. The van der Waals surface area contributed by atoms with Crippen LogP contribution in [0.4, 0.5) is 4.79 Å². The number of carboxylic acid groups (broad SMARTS) is 1. The molecule has 2 N–H and O–H groups in total. The van der Waals surface area contributed by atoms with E-state index in [0.717, 1.165) is 19.3 Å². The maximum Gasteiger partial charge on any atom is 0.405 e. The number of amides is 1. The van der Waals surface area contributed by atoms with Gasteiger partial charge in [-0.15, -0.1) is 10.2 Å². The molecule has 2 bridgehead atoms. The van der Waals surface area contributed by atoms with E-state index in [9.17, 15) is 4.79 Å². The first-order valence-electron chi connectivity index (χ1n) is 4.42. The third kappa shape index (κ3) is 0.779. The molecule has 14 heavy (non-hydrogen) atoms. The fourth-order valence-electron chi connectivity index (χ4n) is 2.78. The van der Waals surface area contributed by atoms with E-state index in [-0.39, 0.29) is 11.0 Å². The van der Waals surface area contributed by atoms with Crippen LogP contribution in [0, 0.1) is 0 Å². The molecular formula is C8H9N3O3. The summed E-state index contributed by atoms with van der Waals surface area (Å²) in [4.78, 5) is 10.5. The van der Waals surface area contributed by atoms with Gasteiger partial charge in [0.15, 0.2) is 0 Å². The molecule has 1 heterocycles. The molecule has 1 aromatic rings. The highest BCUT2D eigenvalue weighted by Crippen LogP contribution is 2.67. The summed E-state index contributed by atoms with van der Waals surface area (Å²) in [5.41, 5.74) is -0.237. The molecule has 74 valence electrons. The second kappa shape index (κ2) is 2.08. The molecule has 3 fully saturated rings. The lowest BCUT2D eigenvalue weighted by Gasteiger charge is -2.68. The SMILES string of the molecule is O=C(O)NC12CC(c3nnco3)(C1)C2. The highest BCUT2D eigenvalue weighted by molar-refractivity contribution is 5.67. The molecule has 3 aliphatic rings. The van der Waals surface area contributed by atoms with Crippen molar-refractivity contribution in [1.29, 1.82) is 0 Å². The largest absolute Gasteiger partial charge is 0.465 e. The molecule has 1 amide bonds. The average molecular weight is 195 g/mol. The Bertz CT molecular complexity index is 367. The quantitative estimate of drug-likeness (QED) is 0.717. The predicted octanol–water partition coefficient (Wildman–Crippen LogP) is 0.511. The van der Waals surface area contributed by atoms with Crippen molar-refractivity contribution >= 4 is 6.09 Å². The minimum atomic E-state index is -0.955. The van der Waals surface area contributed by atoms with Crippen molar-refractivity contribution in [3.8, 4) is 0 Å². The number of nitrogens with one attached hydrogen (secondary N) is 1. The summed E-state index contributed by atoms with van der Waals surface area (Å²) in [6, 6.07) is 0. The maximum absolute atomic E-state index is 10.5. The van der Waals surface area contributed by atoms with Gasteiger partial charge in [0.25, 0.3) is 0 Å².